The lowest BCUT2D eigenvalue weighted by atomic mass is 9.72. The van der Waals surface area contributed by atoms with Gasteiger partial charge in [-0.25, -0.2) is 0 Å². The zero-order chi connectivity index (χ0) is 26.0. The van der Waals surface area contributed by atoms with Crippen molar-refractivity contribution in [2.75, 3.05) is 33.4 Å². The first-order valence-corrected chi connectivity index (χ1v) is 12.3. The van der Waals surface area contributed by atoms with Gasteiger partial charge in [0.2, 0.25) is 0 Å². The molecule has 3 unspecified atom stereocenters. The van der Waals surface area contributed by atoms with Gasteiger partial charge in [0.05, 0.1) is 19.4 Å². The van der Waals surface area contributed by atoms with Gasteiger partial charge in [-0.15, -0.1) is 0 Å². The van der Waals surface area contributed by atoms with Gasteiger partial charge in [0, 0.05) is 30.3 Å². The highest BCUT2D eigenvalue weighted by Crippen LogP contribution is 2.42. The maximum absolute atomic E-state index is 13.5. The van der Waals surface area contributed by atoms with Crippen molar-refractivity contribution in [2.45, 2.75) is 39.7 Å². The lowest BCUT2D eigenvalue weighted by Crippen LogP contribution is -2.47. The van der Waals surface area contributed by atoms with Gasteiger partial charge in [-0.2, -0.15) is 0 Å². The summed E-state index contributed by atoms with van der Waals surface area (Å²) in [4.78, 5) is 32.9. The number of Topliss-reactive ketones (excluding diaryl/α,β-unsaturated/α-hetero) is 1. The Morgan fingerprint density at radius 2 is 1.81 bits per heavy atom. The molecule has 4 rings (SSSR count). The summed E-state index contributed by atoms with van der Waals surface area (Å²) in [5.74, 6) is -0.834. The predicted molar refractivity (Wildman–Crippen MR) is 138 cm³/mol. The molecule has 0 fully saturated rings. The Labute approximate surface area is 212 Å². The van der Waals surface area contributed by atoms with Gasteiger partial charge in [-0.1, -0.05) is 36.4 Å². The third-order valence-electron chi connectivity index (χ3n) is 7.19. The second-order valence-electron chi connectivity index (χ2n) is 9.70. The van der Waals surface area contributed by atoms with E-state index in [1.54, 1.807) is 0 Å². The van der Waals surface area contributed by atoms with Gasteiger partial charge in [0.15, 0.2) is 5.78 Å². The SMILES string of the molecule is COC(=O)C1C(C)=NC2=C(C(=O)CN(CC(O)COc3cccc(C)c3C)C2)C1c1ccccc1C. The van der Waals surface area contributed by atoms with Crippen LogP contribution in [0.2, 0.25) is 0 Å². The minimum Gasteiger partial charge on any atom is -0.491 e. The molecule has 2 aliphatic heterocycles. The Morgan fingerprint density at radius 1 is 1.08 bits per heavy atom. The number of methoxy groups -OCH3 is 1. The number of aliphatic hydroxyl groups excluding tert-OH is 1. The Bertz CT molecular complexity index is 1230. The largest absolute Gasteiger partial charge is 0.491 e. The van der Waals surface area contributed by atoms with Crippen molar-refractivity contribution in [1.29, 1.82) is 0 Å². The molecule has 2 heterocycles. The summed E-state index contributed by atoms with van der Waals surface area (Å²) < 4.78 is 11.0. The van der Waals surface area contributed by atoms with E-state index in [1.165, 1.54) is 7.11 Å². The molecule has 36 heavy (non-hydrogen) atoms. The first-order chi connectivity index (χ1) is 17.2. The number of carbonyl (C=O) groups excluding carboxylic acids is 2. The summed E-state index contributed by atoms with van der Waals surface area (Å²) in [6, 6.07) is 13.6. The molecule has 0 radical (unpaired) electrons. The van der Waals surface area contributed by atoms with E-state index < -0.39 is 23.9 Å². The molecule has 0 saturated heterocycles. The van der Waals surface area contributed by atoms with Crippen molar-refractivity contribution in [3.63, 3.8) is 0 Å². The van der Waals surface area contributed by atoms with Crippen LogP contribution in [0.3, 0.4) is 0 Å². The standard InChI is InChI=1S/C29H34N2O5/c1-17-10-8-12-25(19(17)3)36-16-21(32)13-31-14-23-28(24(33)15-31)27(22-11-7-6-9-18(22)2)26(20(4)30-23)29(34)35-5/h6-12,21,26-27,32H,13-16H2,1-5H3. The van der Waals surface area contributed by atoms with Crippen molar-refractivity contribution >= 4 is 17.5 Å². The molecule has 1 N–H and O–H groups in total. The summed E-state index contributed by atoms with van der Waals surface area (Å²) in [6.45, 7) is 8.76. The topological polar surface area (TPSA) is 88.4 Å². The van der Waals surface area contributed by atoms with Crippen LogP contribution < -0.4 is 4.74 Å². The average Bonchev–Trinajstić information content (AvgIpc) is 2.84. The Balaban J connectivity index is 1.55. The van der Waals surface area contributed by atoms with Gasteiger partial charge >= 0.3 is 5.97 Å². The number of hydrogen-bond donors (Lipinski definition) is 1. The van der Waals surface area contributed by atoms with Gasteiger partial charge in [0.25, 0.3) is 0 Å². The zero-order valence-electron chi connectivity index (χ0n) is 21.6. The molecule has 7 heteroatoms. The fourth-order valence-electron chi connectivity index (χ4n) is 5.19. The van der Waals surface area contributed by atoms with Gasteiger partial charge in [-0.05, 0) is 56.0 Å². The van der Waals surface area contributed by atoms with Crippen LogP contribution in [0.4, 0.5) is 0 Å². The molecule has 0 spiro atoms. The third-order valence-corrected chi connectivity index (χ3v) is 7.19. The Hall–Kier alpha value is -3.29. The number of aryl methyl sites for hydroxylation is 2. The van der Waals surface area contributed by atoms with E-state index in [-0.39, 0.29) is 25.5 Å². The van der Waals surface area contributed by atoms with Crippen molar-refractivity contribution < 1.29 is 24.2 Å². The number of rotatable bonds is 7. The van der Waals surface area contributed by atoms with E-state index in [2.05, 4.69) is 0 Å². The van der Waals surface area contributed by atoms with Crippen LogP contribution in [0, 0.1) is 26.7 Å². The number of ether oxygens (including phenoxy) is 2. The van der Waals surface area contributed by atoms with E-state index in [0.29, 0.717) is 23.5 Å². The first-order valence-electron chi connectivity index (χ1n) is 12.3. The number of benzene rings is 2. The number of carbonyl (C=O) groups is 2. The molecule has 190 valence electrons. The van der Waals surface area contributed by atoms with Crippen LogP contribution in [0.15, 0.2) is 58.7 Å². The molecular formula is C29H34N2O5. The van der Waals surface area contributed by atoms with Crippen molar-refractivity contribution in [3.05, 3.63) is 76.0 Å². The molecule has 0 bridgehead atoms. The number of β-amino-alcohol motifs (C(OH)–C–C–N with tert-alkyl or cyclic N) is 1. The second-order valence-corrected chi connectivity index (χ2v) is 9.70. The monoisotopic (exact) mass is 490 g/mol. The van der Waals surface area contributed by atoms with E-state index >= 15 is 0 Å². The number of aliphatic imine (C=N–C) groups is 1. The number of ketones is 1. The van der Waals surface area contributed by atoms with Crippen molar-refractivity contribution in [2.24, 2.45) is 10.9 Å². The fourth-order valence-corrected chi connectivity index (χ4v) is 5.19. The zero-order valence-corrected chi connectivity index (χ0v) is 21.6. The highest BCUT2D eigenvalue weighted by Gasteiger charge is 2.44. The number of nitrogens with zero attached hydrogens (tertiary/aromatic N) is 2. The summed E-state index contributed by atoms with van der Waals surface area (Å²) in [5, 5.41) is 10.7. The molecule has 0 aliphatic carbocycles. The summed E-state index contributed by atoms with van der Waals surface area (Å²) >= 11 is 0. The molecule has 0 aromatic heterocycles. The molecule has 2 aliphatic rings. The van der Waals surface area contributed by atoms with Gasteiger partial charge < -0.3 is 14.6 Å². The number of aliphatic hydroxyl groups is 1. The van der Waals surface area contributed by atoms with E-state index in [4.69, 9.17) is 14.5 Å². The maximum Gasteiger partial charge on any atom is 0.315 e. The number of hydrogen-bond acceptors (Lipinski definition) is 7. The second kappa shape index (κ2) is 10.8. The minimum absolute atomic E-state index is 0.0858. The van der Waals surface area contributed by atoms with Gasteiger partial charge in [0.1, 0.15) is 24.4 Å². The highest BCUT2D eigenvalue weighted by atomic mass is 16.5. The number of esters is 1. The first kappa shape index (κ1) is 25.8. The molecule has 3 atom stereocenters. The predicted octanol–water partition coefficient (Wildman–Crippen LogP) is 3.54. The minimum atomic E-state index is -0.775. The van der Waals surface area contributed by atoms with Crippen molar-refractivity contribution in [1.82, 2.24) is 4.90 Å². The van der Waals surface area contributed by atoms with Crippen LogP contribution in [0.25, 0.3) is 0 Å². The Morgan fingerprint density at radius 3 is 2.53 bits per heavy atom. The molecule has 0 saturated carbocycles. The Kier molecular flexibility index (Phi) is 7.71. The van der Waals surface area contributed by atoms with Crippen LogP contribution >= 0.6 is 0 Å². The average molecular weight is 491 g/mol. The molecule has 2 aromatic carbocycles. The van der Waals surface area contributed by atoms with Crippen LogP contribution in [-0.2, 0) is 14.3 Å². The smallest absolute Gasteiger partial charge is 0.315 e. The molecular weight excluding hydrogens is 456 g/mol. The lowest BCUT2D eigenvalue weighted by molar-refractivity contribution is -0.143. The molecule has 2 aromatic rings. The molecule has 0 amide bonds. The van der Waals surface area contributed by atoms with Crippen molar-refractivity contribution in [3.8, 4) is 5.75 Å². The van der Waals surface area contributed by atoms with E-state index in [1.807, 2.05) is 75.1 Å². The lowest BCUT2D eigenvalue weighted by Gasteiger charge is -2.38. The van der Waals surface area contributed by atoms with Crippen LogP contribution in [0.1, 0.15) is 35.1 Å². The summed E-state index contributed by atoms with van der Waals surface area (Å²) in [7, 11) is 1.36. The molecule has 7 nitrogen and oxygen atoms in total. The quantitative estimate of drug-likeness (QED) is 0.598. The normalized spacial score (nSPS) is 21.1. The summed E-state index contributed by atoms with van der Waals surface area (Å²) in [5.41, 5.74) is 5.96. The highest BCUT2D eigenvalue weighted by molar-refractivity contribution is 6.09. The maximum atomic E-state index is 13.5. The fraction of sp³-hybridized carbons (Fsp3) is 0.414. The summed E-state index contributed by atoms with van der Waals surface area (Å²) in [6.07, 6.45) is -0.775. The third kappa shape index (κ3) is 5.13. The van der Waals surface area contributed by atoms with Gasteiger partial charge in [-0.3, -0.25) is 19.5 Å². The van der Waals surface area contributed by atoms with Crippen LogP contribution in [0.5, 0.6) is 5.75 Å². The van der Waals surface area contributed by atoms with E-state index in [9.17, 15) is 14.7 Å². The van der Waals surface area contributed by atoms with Crippen LogP contribution in [-0.4, -0.2) is 66.9 Å². The van der Waals surface area contributed by atoms with E-state index in [0.717, 1.165) is 28.0 Å².